The van der Waals surface area contributed by atoms with E-state index in [0.29, 0.717) is 12.0 Å². The van der Waals surface area contributed by atoms with Gasteiger partial charge >= 0.3 is 0 Å². The van der Waals surface area contributed by atoms with Crippen molar-refractivity contribution in [2.45, 2.75) is 19.4 Å². The molecule has 1 atom stereocenters. The lowest BCUT2D eigenvalue weighted by atomic mass is 10.0. The number of hydrogen-bond donors (Lipinski definition) is 2. The van der Waals surface area contributed by atoms with Gasteiger partial charge in [-0.25, -0.2) is 8.78 Å². The Morgan fingerprint density at radius 1 is 1.16 bits per heavy atom. The van der Waals surface area contributed by atoms with Gasteiger partial charge in [0.15, 0.2) is 5.69 Å². The van der Waals surface area contributed by atoms with E-state index in [1.54, 1.807) is 25.1 Å². The summed E-state index contributed by atoms with van der Waals surface area (Å²) in [6, 6.07) is 9.44. The van der Waals surface area contributed by atoms with E-state index in [2.05, 4.69) is 15.5 Å². The minimum Gasteiger partial charge on any atom is -0.344 e. The number of nitrogens with zero attached hydrogens (tertiary/aromatic N) is 1. The molecule has 3 aromatic rings. The zero-order valence-electron chi connectivity index (χ0n) is 13.3. The van der Waals surface area contributed by atoms with E-state index in [9.17, 15) is 18.4 Å². The number of rotatable bonds is 4. The largest absolute Gasteiger partial charge is 0.344 e. The summed E-state index contributed by atoms with van der Waals surface area (Å²) in [5.74, 6) is -1.83. The average molecular weight is 343 g/mol. The van der Waals surface area contributed by atoms with Crippen molar-refractivity contribution in [1.29, 1.82) is 0 Å². The zero-order chi connectivity index (χ0) is 18.0. The molecule has 0 saturated heterocycles. The van der Waals surface area contributed by atoms with Crippen LogP contribution in [0.3, 0.4) is 0 Å². The predicted molar refractivity (Wildman–Crippen MR) is 89.2 cm³/mol. The summed E-state index contributed by atoms with van der Waals surface area (Å²) in [6.07, 6.45) is 0.423. The van der Waals surface area contributed by atoms with Crippen LogP contribution < -0.4 is 10.7 Å². The highest BCUT2D eigenvalue weighted by atomic mass is 19.1. The number of hydrogen-bond acceptors (Lipinski definition) is 3. The molecule has 0 fully saturated rings. The van der Waals surface area contributed by atoms with Gasteiger partial charge in [-0.2, -0.15) is 5.10 Å². The molecule has 1 heterocycles. The summed E-state index contributed by atoms with van der Waals surface area (Å²) in [4.78, 5) is 24.8. The molecule has 128 valence electrons. The average Bonchev–Trinajstić information content (AvgIpc) is 2.61. The van der Waals surface area contributed by atoms with Gasteiger partial charge in [0, 0.05) is 5.56 Å². The number of carbonyl (C=O) groups is 1. The van der Waals surface area contributed by atoms with Crippen LogP contribution in [-0.2, 0) is 0 Å². The van der Waals surface area contributed by atoms with Crippen molar-refractivity contribution in [3.8, 4) is 0 Å². The molecule has 7 heteroatoms. The van der Waals surface area contributed by atoms with Gasteiger partial charge in [-0.05, 0) is 24.6 Å². The van der Waals surface area contributed by atoms with Gasteiger partial charge in [0.1, 0.15) is 17.2 Å². The van der Waals surface area contributed by atoms with Gasteiger partial charge < -0.3 is 5.32 Å². The van der Waals surface area contributed by atoms with E-state index in [1.807, 2.05) is 0 Å². The lowest BCUT2D eigenvalue weighted by Crippen LogP contribution is -2.33. The summed E-state index contributed by atoms with van der Waals surface area (Å²) in [5.41, 5.74) is -0.825. The van der Waals surface area contributed by atoms with Crippen LogP contribution in [0.5, 0.6) is 0 Å². The number of aromatic nitrogens is 2. The van der Waals surface area contributed by atoms with Gasteiger partial charge in [0.25, 0.3) is 5.91 Å². The maximum Gasteiger partial charge on any atom is 0.276 e. The molecule has 1 amide bonds. The van der Waals surface area contributed by atoms with E-state index in [-0.39, 0.29) is 10.9 Å². The van der Waals surface area contributed by atoms with Crippen LogP contribution in [-0.4, -0.2) is 16.1 Å². The highest BCUT2D eigenvalue weighted by Gasteiger charge is 2.21. The van der Waals surface area contributed by atoms with Crippen molar-refractivity contribution >= 4 is 16.8 Å². The third-order valence-corrected chi connectivity index (χ3v) is 3.96. The quantitative estimate of drug-likeness (QED) is 0.764. The Hall–Kier alpha value is -3.09. The molecular weight excluding hydrogens is 328 g/mol. The topological polar surface area (TPSA) is 74.8 Å². The number of amides is 1. The van der Waals surface area contributed by atoms with Crippen LogP contribution in [0.1, 0.15) is 35.4 Å². The summed E-state index contributed by atoms with van der Waals surface area (Å²) in [7, 11) is 0. The van der Waals surface area contributed by atoms with E-state index < -0.39 is 34.7 Å². The number of benzene rings is 2. The summed E-state index contributed by atoms with van der Waals surface area (Å²) >= 11 is 0. The zero-order valence-corrected chi connectivity index (χ0v) is 13.3. The molecule has 0 saturated carbocycles. The van der Waals surface area contributed by atoms with Crippen molar-refractivity contribution < 1.29 is 13.6 Å². The molecular formula is C18H15F2N3O2. The third kappa shape index (κ3) is 3.13. The number of carbonyl (C=O) groups excluding carboxylic acids is 1. The Kier molecular flexibility index (Phi) is 4.56. The monoisotopic (exact) mass is 343 g/mol. The normalized spacial score (nSPS) is 12.1. The minimum absolute atomic E-state index is 0.0269. The Morgan fingerprint density at radius 2 is 1.88 bits per heavy atom. The predicted octanol–water partition coefficient (Wildman–Crippen LogP) is 3.08. The van der Waals surface area contributed by atoms with Gasteiger partial charge in [-0.3, -0.25) is 14.7 Å². The van der Waals surface area contributed by atoms with Crippen LogP contribution >= 0.6 is 0 Å². The molecule has 0 aliphatic rings. The Balaban J connectivity index is 1.96. The van der Waals surface area contributed by atoms with Gasteiger partial charge in [-0.15, -0.1) is 0 Å². The number of aromatic amines is 1. The van der Waals surface area contributed by atoms with E-state index in [0.717, 1.165) is 0 Å². The maximum atomic E-state index is 13.9. The molecule has 2 N–H and O–H groups in total. The first-order valence-electron chi connectivity index (χ1n) is 7.75. The summed E-state index contributed by atoms with van der Waals surface area (Å²) in [6.45, 7) is 1.78. The van der Waals surface area contributed by atoms with Crippen molar-refractivity contribution in [1.82, 2.24) is 15.5 Å². The van der Waals surface area contributed by atoms with E-state index in [4.69, 9.17) is 0 Å². The smallest absolute Gasteiger partial charge is 0.276 e. The number of halogens is 2. The molecule has 3 rings (SSSR count). The SMILES string of the molecule is CC[C@@H](NC(=O)c1n[nH]c2c(F)cccc2c1=O)c1ccccc1F. The van der Waals surface area contributed by atoms with Gasteiger partial charge in [0.05, 0.1) is 11.4 Å². The second-order valence-corrected chi connectivity index (χ2v) is 5.52. The van der Waals surface area contributed by atoms with Crippen molar-refractivity contribution in [3.05, 3.63) is 75.6 Å². The van der Waals surface area contributed by atoms with E-state index in [1.165, 1.54) is 24.3 Å². The second kappa shape index (κ2) is 6.80. The lowest BCUT2D eigenvalue weighted by Gasteiger charge is -2.17. The highest BCUT2D eigenvalue weighted by Crippen LogP contribution is 2.20. The molecule has 5 nitrogen and oxygen atoms in total. The second-order valence-electron chi connectivity index (χ2n) is 5.52. The molecule has 0 radical (unpaired) electrons. The van der Waals surface area contributed by atoms with Crippen molar-refractivity contribution in [2.75, 3.05) is 0 Å². The molecule has 2 aromatic carbocycles. The first kappa shape index (κ1) is 16.8. The molecule has 0 bridgehead atoms. The number of H-pyrrole nitrogens is 1. The lowest BCUT2D eigenvalue weighted by molar-refractivity contribution is 0.0928. The molecule has 1 aromatic heterocycles. The molecule has 0 spiro atoms. The summed E-state index contributed by atoms with van der Waals surface area (Å²) < 4.78 is 27.6. The fraction of sp³-hybridized carbons (Fsp3) is 0.167. The first-order chi connectivity index (χ1) is 12.0. The van der Waals surface area contributed by atoms with Crippen molar-refractivity contribution in [3.63, 3.8) is 0 Å². The van der Waals surface area contributed by atoms with Gasteiger partial charge in [-0.1, -0.05) is 31.2 Å². The van der Waals surface area contributed by atoms with Crippen LogP contribution in [0.2, 0.25) is 0 Å². The molecule has 0 unspecified atom stereocenters. The van der Waals surface area contributed by atoms with E-state index >= 15 is 0 Å². The Bertz CT molecular complexity index is 1000. The number of fused-ring (bicyclic) bond motifs is 1. The minimum atomic E-state index is -0.748. The molecule has 0 aliphatic heterocycles. The van der Waals surface area contributed by atoms with Crippen LogP contribution in [0.15, 0.2) is 47.3 Å². The fourth-order valence-electron chi connectivity index (χ4n) is 2.66. The van der Waals surface area contributed by atoms with Gasteiger partial charge in [0.2, 0.25) is 5.43 Å². The Labute approximate surface area is 141 Å². The van der Waals surface area contributed by atoms with Crippen LogP contribution in [0.4, 0.5) is 8.78 Å². The Morgan fingerprint density at radius 3 is 2.60 bits per heavy atom. The standard InChI is InChI=1S/C18H15F2N3O2/c1-2-14(10-6-3-4-8-12(10)19)21-18(25)16-17(24)11-7-5-9-13(20)15(11)22-23-16/h3-9,14H,2H2,1H3,(H,21,25)(H,22,24)/t14-/m1/s1. The summed E-state index contributed by atoms with van der Waals surface area (Å²) in [5, 5.41) is 8.71. The van der Waals surface area contributed by atoms with Crippen LogP contribution in [0, 0.1) is 11.6 Å². The molecule has 0 aliphatic carbocycles. The third-order valence-electron chi connectivity index (χ3n) is 3.96. The molecule has 25 heavy (non-hydrogen) atoms. The fourth-order valence-corrected chi connectivity index (χ4v) is 2.66. The number of nitrogens with one attached hydrogen (secondary N) is 2. The van der Waals surface area contributed by atoms with Crippen LogP contribution in [0.25, 0.3) is 10.9 Å². The maximum absolute atomic E-state index is 13.9. The number of para-hydroxylation sites is 1. The first-order valence-corrected chi connectivity index (χ1v) is 7.75. The highest BCUT2D eigenvalue weighted by molar-refractivity contribution is 5.95. The van der Waals surface area contributed by atoms with Crippen molar-refractivity contribution in [2.24, 2.45) is 0 Å².